The summed E-state index contributed by atoms with van der Waals surface area (Å²) in [5.41, 5.74) is 0.163. The predicted octanol–water partition coefficient (Wildman–Crippen LogP) is 1.49. The molecule has 0 atom stereocenters. The molecule has 0 heterocycles. The molecule has 0 saturated carbocycles. The summed E-state index contributed by atoms with van der Waals surface area (Å²) in [6, 6.07) is 6.73. The zero-order valence-electron chi connectivity index (χ0n) is 14.3. The van der Waals surface area contributed by atoms with Crippen molar-refractivity contribution >= 4 is 20.0 Å². The van der Waals surface area contributed by atoms with Crippen molar-refractivity contribution in [2.24, 2.45) is 5.92 Å². The molecule has 1 aromatic carbocycles. The van der Waals surface area contributed by atoms with Crippen LogP contribution in [0.5, 0.6) is 0 Å². The Kier molecular flexibility index (Phi) is 6.37. The zero-order chi connectivity index (χ0) is 17.9. The second-order valence-electron chi connectivity index (χ2n) is 6.82. The van der Waals surface area contributed by atoms with Gasteiger partial charge in [-0.15, -0.1) is 0 Å². The van der Waals surface area contributed by atoms with Gasteiger partial charge < -0.3 is 0 Å². The Morgan fingerprint density at radius 2 is 1.57 bits per heavy atom. The lowest BCUT2D eigenvalue weighted by molar-refractivity contribution is 0.446. The summed E-state index contributed by atoms with van der Waals surface area (Å²) in [6.07, 6.45) is 1.93. The smallest absolute Gasteiger partial charge is 0.213 e. The van der Waals surface area contributed by atoms with Crippen molar-refractivity contribution in [3.8, 4) is 0 Å². The van der Waals surface area contributed by atoms with E-state index in [1.807, 2.05) is 0 Å². The lowest BCUT2D eigenvalue weighted by Crippen LogP contribution is -2.50. The molecule has 132 valence electrons. The van der Waals surface area contributed by atoms with Crippen LogP contribution in [-0.2, 0) is 26.5 Å². The van der Waals surface area contributed by atoms with Gasteiger partial charge in [-0.3, -0.25) is 0 Å². The highest BCUT2D eigenvalue weighted by atomic mass is 32.2. The summed E-state index contributed by atoms with van der Waals surface area (Å²) in [5, 5.41) is 0. The summed E-state index contributed by atoms with van der Waals surface area (Å²) >= 11 is 0. The van der Waals surface area contributed by atoms with Crippen molar-refractivity contribution in [2.45, 2.75) is 44.6 Å². The molecule has 6 nitrogen and oxygen atoms in total. The van der Waals surface area contributed by atoms with E-state index < -0.39 is 25.6 Å². The molecule has 0 unspecified atom stereocenters. The maximum Gasteiger partial charge on any atom is 0.240 e. The van der Waals surface area contributed by atoms with Gasteiger partial charge in [-0.2, -0.15) is 0 Å². The fraction of sp³-hybridized carbons (Fsp3) is 0.600. The minimum Gasteiger partial charge on any atom is -0.213 e. The van der Waals surface area contributed by atoms with Crippen molar-refractivity contribution in [2.75, 3.05) is 12.8 Å². The molecular weight excluding hydrogens is 336 g/mol. The van der Waals surface area contributed by atoms with E-state index in [4.69, 9.17) is 0 Å². The molecule has 0 saturated heterocycles. The molecule has 1 rings (SSSR count). The quantitative estimate of drug-likeness (QED) is 0.733. The van der Waals surface area contributed by atoms with Crippen LogP contribution < -0.4 is 9.44 Å². The van der Waals surface area contributed by atoms with E-state index in [0.717, 1.165) is 18.2 Å². The maximum atomic E-state index is 12.3. The van der Waals surface area contributed by atoms with Gasteiger partial charge in [0.25, 0.3) is 0 Å². The van der Waals surface area contributed by atoms with Gasteiger partial charge in [0.2, 0.25) is 20.0 Å². The molecular formula is C15H26N2O4S2. The van der Waals surface area contributed by atoms with Crippen molar-refractivity contribution in [3.05, 3.63) is 29.8 Å². The minimum absolute atomic E-state index is 0.0455. The number of sulfonamides is 2. The highest BCUT2D eigenvalue weighted by Crippen LogP contribution is 2.14. The van der Waals surface area contributed by atoms with Gasteiger partial charge in [0.1, 0.15) is 0 Å². The molecule has 0 aromatic heterocycles. The van der Waals surface area contributed by atoms with Crippen LogP contribution in [0.1, 0.15) is 33.3 Å². The molecule has 8 heteroatoms. The van der Waals surface area contributed by atoms with Crippen LogP contribution in [0.25, 0.3) is 0 Å². The highest BCUT2D eigenvalue weighted by Gasteiger charge is 2.25. The third kappa shape index (κ3) is 7.43. The highest BCUT2D eigenvalue weighted by molar-refractivity contribution is 7.89. The van der Waals surface area contributed by atoms with Crippen molar-refractivity contribution in [3.63, 3.8) is 0 Å². The van der Waals surface area contributed by atoms with E-state index in [2.05, 4.69) is 23.3 Å². The third-order valence-corrected chi connectivity index (χ3v) is 5.38. The molecule has 0 aliphatic rings. The molecule has 0 aliphatic carbocycles. The summed E-state index contributed by atoms with van der Waals surface area (Å²) in [6.45, 7) is 7.38. The van der Waals surface area contributed by atoms with Gasteiger partial charge in [0.15, 0.2) is 0 Å². The van der Waals surface area contributed by atoms with Crippen LogP contribution in [-0.4, -0.2) is 35.2 Å². The van der Waals surface area contributed by atoms with Gasteiger partial charge in [-0.1, -0.05) is 26.0 Å². The number of rotatable bonds is 8. The standard InChI is InChI=1S/C15H26N2O4S2/c1-12(2)10-13-6-8-14(9-7-13)23(20,21)16-11-15(3,4)17-22(5,18)19/h6-9,12,16-17H,10-11H2,1-5H3. The van der Waals surface area contributed by atoms with Crippen LogP contribution in [0.4, 0.5) is 0 Å². The first kappa shape index (κ1) is 20.1. The van der Waals surface area contributed by atoms with Gasteiger partial charge in [0.05, 0.1) is 11.2 Å². The molecule has 0 amide bonds. The zero-order valence-corrected chi connectivity index (χ0v) is 15.9. The van der Waals surface area contributed by atoms with Crippen molar-refractivity contribution < 1.29 is 16.8 Å². The normalized spacial score (nSPS) is 13.5. The van der Waals surface area contributed by atoms with Gasteiger partial charge >= 0.3 is 0 Å². The lowest BCUT2D eigenvalue weighted by atomic mass is 10.0. The average molecular weight is 363 g/mol. The molecule has 0 fully saturated rings. The Bertz CT molecular complexity index is 721. The van der Waals surface area contributed by atoms with Crippen LogP contribution in [0.2, 0.25) is 0 Å². The van der Waals surface area contributed by atoms with Crippen LogP contribution in [0, 0.1) is 5.92 Å². The molecule has 23 heavy (non-hydrogen) atoms. The summed E-state index contributed by atoms with van der Waals surface area (Å²) in [4.78, 5) is 0.167. The first-order chi connectivity index (χ1) is 10.3. The SMILES string of the molecule is CC(C)Cc1ccc(S(=O)(=O)NCC(C)(C)NS(C)(=O)=O)cc1. The van der Waals surface area contributed by atoms with Crippen LogP contribution >= 0.6 is 0 Å². The Morgan fingerprint density at radius 1 is 1.04 bits per heavy atom. The topological polar surface area (TPSA) is 92.3 Å². The summed E-state index contributed by atoms with van der Waals surface area (Å²) in [5.74, 6) is 0.499. The number of hydrogen-bond acceptors (Lipinski definition) is 4. The molecule has 0 radical (unpaired) electrons. The van der Waals surface area contributed by atoms with Crippen LogP contribution in [0.15, 0.2) is 29.2 Å². The second kappa shape index (κ2) is 7.29. The van der Waals surface area contributed by atoms with Crippen molar-refractivity contribution in [1.82, 2.24) is 9.44 Å². The molecule has 2 N–H and O–H groups in total. The average Bonchev–Trinajstić information content (AvgIpc) is 2.34. The van der Waals surface area contributed by atoms with Gasteiger partial charge in [0, 0.05) is 12.1 Å². The molecule has 0 bridgehead atoms. The summed E-state index contributed by atoms with van der Waals surface area (Å²) < 4.78 is 52.0. The molecule has 0 aliphatic heterocycles. The van der Waals surface area contributed by atoms with E-state index in [-0.39, 0.29) is 11.4 Å². The van der Waals surface area contributed by atoms with E-state index in [1.54, 1.807) is 38.1 Å². The number of benzene rings is 1. The number of nitrogens with one attached hydrogen (secondary N) is 2. The fourth-order valence-electron chi connectivity index (χ4n) is 2.17. The Labute approximate surface area is 139 Å². The lowest BCUT2D eigenvalue weighted by Gasteiger charge is -2.25. The van der Waals surface area contributed by atoms with Gasteiger partial charge in [-0.25, -0.2) is 26.3 Å². The van der Waals surface area contributed by atoms with Crippen molar-refractivity contribution in [1.29, 1.82) is 0 Å². The second-order valence-corrected chi connectivity index (χ2v) is 10.3. The monoisotopic (exact) mass is 362 g/mol. The van der Waals surface area contributed by atoms with Gasteiger partial charge in [-0.05, 0) is 43.9 Å². The first-order valence-corrected chi connectivity index (χ1v) is 10.8. The van der Waals surface area contributed by atoms with E-state index in [1.165, 1.54) is 0 Å². The minimum atomic E-state index is -3.68. The Hall–Kier alpha value is -0.960. The largest absolute Gasteiger partial charge is 0.240 e. The molecule has 0 spiro atoms. The van der Waals surface area contributed by atoms with E-state index in [0.29, 0.717) is 5.92 Å². The summed E-state index contributed by atoms with van der Waals surface area (Å²) in [7, 11) is -7.10. The Morgan fingerprint density at radius 3 is 2.00 bits per heavy atom. The fourth-order valence-corrected chi connectivity index (χ4v) is 4.46. The molecule has 1 aromatic rings. The maximum absolute atomic E-state index is 12.3. The third-order valence-electron chi connectivity index (χ3n) is 3.04. The predicted molar refractivity (Wildman–Crippen MR) is 92.2 cm³/mol. The first-order valence-electron chi connectivity index (χ1n) is 7.38. The van der Waals surface area contributed by atoms with E-state index >= 15 is 0 Å². The Balaban J connectivity index is 2.80. The van der Waals surface area contributed by atoms with Crippen LogP contribution in [0.3, 0.4) is 0 Å². The van der Waals surface area contributed by atoms with E-state index in [9.17, 15) is 16.8 Å². The number of hydrogen-bond donors (Lipinski definition) is 2.